The third-order valence-corrected chi connectivity index (χ3v) is 5.48. The zero-order valence-electron chi connectivity index (χ0n) is 18.0. The van der Waals surface area contributed by atoms with Crippen LogP contribution in [0.1, 0.15) is 25.8 Å². The molecule has 30 heavy (non-hydrogen) atoms. The van der Waals surface area contributed by atoms with Crippen LogP contribution in [0.3, 0.4) is 0 Å². The minimum absolute atomic E-state index is 0.0933. The van der Waals surface area contributed by atoms with Crippen molar-refractivity contribution in [2.24, 2.45) is 11.8 Å². The third-order valence-electron chi connectivity index (χ3n) is 5.48. The summed E-state index contributed by atoms with van der Waals surface area (Å²) in [5.74, 6) is 0.242. The van der Waals surface area contributed by atoms with E-state index in [9.17, 15) is 9.59 Å². The molecule has 5 heteroatoms. The zero-order valence-corrected chi connectivity index (χ0v) is 18.0. The van der Waals surface area contributed by atoms with Crippen LogP contribution < -0.4 is 0 Å². The number of hydrogen-bond acceptors (Lipinski definition) is 3. The summed E-state index contributed by atoms with van der Waals surface area (Å²) in [4.78, 5) is 34.0. The molecule has 1 aromatic heterocycles. The number of aromatic nitrogens is 1. The van der Waals surface area contributed by atoms with Gasteiger partial charge in [-0.05, 0) is 29.5 Å². The lowest BCUT2D eigenvalue weighted by Gasteiger charge is -2.25. The molecule has 0 N–H and O–H groups in total. The van der Waals surface area contributed by atoms with Gasteiger partial charge in [0.1, 0.15) is 0 Å². The Morgan fingerprint density at radius 2 is 2.03 bits per heavy atom. The van der Waals surface area contributed by atoms with Crippen LogP contribution >= 0.6 is 0 Å². The number of carbonyl (C=O) groups excluding carboxylic acids is 2. The quantitative estimate of drug-likeness (QED) is 0.658. The summed E-state index contributed by atoms with van der Waals surface area (Å²) in [5.41, 5.74) is 3.21. The van der Waals surface area contributed by atoms with Crippen molar-refractivity contribution in [2.75, 3.05) is 26.2 Å². The highest BCUT2D eigenvalue weighted by Crippen LogP contribution is 2.27. The molecule has 1 saturated heterocycles. The van der Waals surface area contributed by atoms with Gasteiger partial charge < -0.3 is 9.80 Å². The van der Waals surface area contributed by atoms with E-state index in [1.54, 1.807) is 12.3 Å². The van der Waals surface area contributed by atoms with E-state index in [0.29, 0.717) is 44.9 Å². The molecule has 1 fully saturated rings. The van der Waals surface area contributed by atoms with Crippen LogP contribution in [0.25, 0.3) is 11.1 Å². The van der Waals surface area contributed by atoms with Crippen molar-refractivity contribution in [1.82, 2.24) is 14.8 Å². The summed E-state index contributed by atoms with van der Waals surface area (Å²) in [7, 11) is 0. The molecule has 2 amide bonds. The molecule has 158 valence electrons. The Hall–Kier alpha value is -2.95. The topological polar surface area (TPSA) is 53.5 Å². The van der Waals surface area contributed by atoms with Crippen molar-refractivity contribution >= 4 is 11.8 Å². The molecule has 0 bridgehead atoms. The zero-order chi connectivity index (χ0) is 21.5. The Morgan fingerprint density at radius 1 is 1.23 bits per heavy atom. The summed E-state index contributed by atoms with van der Waals surface area (Å²) in [6.45, 7) is 9.98. The van der Waals surface area contributed by atoms with Gasteiger partial charge in [0.25, 0.3) is 0 Å². The van der Waals surface area contributed by atoms with Crippen LogP contribution in [0, 0.1) is 11.8 Å². The van der Waals surface area contributed by atoms with E-state index in [2.05, 4.69) is 23.7 Å². The molecule has 2 heterocycles. The van der Waals surface area contributed by atoms with E-state index in [0.717, 1.165) is 16.7 Å². The molecular weight excluding hydrogens is 374 g/mol. The van der Waals surface area contributed by atoms with E-state index in [4.69, 9.17) is 0 Å². The smallest absolute Gasteiger partial charge is 0.228 e. The van der Waals surface area contributed by atoms with Gasteiger partial charge in [-0.2, -0.15) is 0 Å². The maximum atomic E-state index is 13.3. The molecule has 1 aromatic carbocycles. The van der Waals surface area contributed by atoms with Crippen molar-refractivity contribution in [2.45, 2.75) is 26.7 Å². The molecule has 0 spiro atoms. The fraction of sp³-hybridized carbons (Fsp3) is 0.400. The number of benzene rings is 1. The van der Waals surface area contributed by atoms with Crippen LogP contribution in [0.2, 0.25) is 0 Å². The molecule has 1 aliphatic rings. The van der Waals surface area contributed by atoms with Gasteiger partial charge in [0.2, 0.25) is 11.8 Å². The van der Waals surface area contributed by atoms with Crippen LogP contribution in [0.4, 0.5) is 0 Å². The lowest BCUT2D eigenvalue weighted by atomic mass is 9.91. The summed E-state index contributed by atoms with van der Waals surface area (Å²) >= 11 is 0. The van der Waals surface area contributed by atoms with Crippen molar-refractivity contribution in [3.63, 3.8) is 0 Å². The minimum Gasteiger partial charge on any atom is -0.340 e. The Labute approximate surface area is 179 Å². The Morgan fingerprint density at radius 3 is 2.73 bits per heavy atom. The van der Waals surface area contributed by atoms with Crippen LogP contribution in [0.5, 0.6) is 0 Å². The first-order chi connectivity index (χ1) is 14.5. The number of amides is 2. The maximum Gasteiger partial charge on any atom is 0.228 e. The van der Waals surface area contributed by atoms with Crippen LogP contribution in [-0.4, -0.2) is 52.8 Å². The predicted octanol–water partition coefficient (Wildman–Crippen LogP) is 3.81. The molecule has 5 nitrogen and oxygen atoms in total. The van der Waals surface area contributed by atoms with Crippen molar-refractivity contribution < 1.29 is 9.59 Å². The molecule has 1 aliphatic heterocycles. The number of carbonyl (C=O) groups is 2. The SMILES string of the molecule is C=CCN1CCN(C(=O)CC(C)C)C[C@@H](Cc2ccccc2-c2cccnc2)C1=O. The van der Waals surface area contributed by atoms with Crippen LogP contribution in [0.15, 0.2) is 61.4 Å². The average Bonchev–Trinajstić information content (AvgIpc) is 2.89. The summed E-state index contributed by atoms with van der Waals surface area (Å²) < 4.78 is 0. The van der Waals surface area contributed by atoms with Gasteiger partial charge in [-0.15, -0.1) is 6.58 Å². The highest BCUT2D eigenvalue weighted by atomic mass is 16.2. The average molecular weight is 406 g/mol. The van der Waals surface area contributed by atoms with Gasteiger partial charge in [0.05, 0.1) is 5.92 Å². The second-order valence-corrected chi connectivity index (χ2v) is 8.31. The standard InChI is InChI=1S/C25H31N3O2/c1-4-12-27-13-14-28(24(29)15-19(2)3)18-22(25(27)30)16-20-8-5-6-10-23(20)21-9-7-11-26-17-21/h4-11,17,19,22H,1,12-16,18H2,2-3H3/t22-/m1/s1. The Bertz CT molecular complexity index is 879. The molecule has 0 unspecified atom stereocenters. The monoisotopic (exact) mass is 405 g/mol. The van der Waals surface area contributed by atoms with Gasteiger partial charge in [0.15, 0.2) is 0 Å². The predicted molar refractivity (Wildman–Crippen MR) is 120 cm³/mol. The fourth-order valence-electron chi connectivity index (χ4n) is 4.01. The number of pyridine rings is 1. The lowest BCUT2D eigenvalue weighted by Crippen LogP contribution is -2.38. The first kappa shape index (κ1) is 21.8. The van der Waals surface area contributed by atoms with Gasteiger partial charge in [-0.1, -0.05) is 50.3 Å². The molecular formula is C25H31N3O2. The number of hydrogen-bond donors (Lipinski definition) is 0. The number of rotatable bonds is 7. The summed E-state index contributed by atoms with van der Waals surface area (Å²) in [6, 6.07) is 12.1. The molecule has 0 saturated carbocycles. The second kappa shape index (κ2) is 10.2. The van der Waals surface area contributed by atoms with Crippen molar-refractivity contribution in [1.29, 1.82) is 0 Å². The van der Waals surface area contributed by atoms with E-state index < -0.39 is 0 Å². The third kappa shape index (κ3) is 5.35. The molecule has 0 aliphatic carbocycles. The first-order valence-corrected chi connectivity index (χ1v) is 10.6. The van der Waals surface area contributed by atoms with E-state index in [1.165, 1.54) is 0 Å². The Balaban J connectivity index is 1.89. The molecule has 3 rings (SSSR count). The molecule has 1 atom stereocenters. The van der Waals surface area contributed by atoms with Gasteiger partial charge in [-0.25, -0.2) is 0 Å². The highest BCUT2D eigenvalue weighted by Gasteiger charge is 2.32. The maximum absolute atomic E-state index is 13.3. The van der Waals surface area contributed by atoms with E-state index in [1.807, 2.05) is 54.1 Å². The van der Waals surface area contributed by atoms with E-state index in [-0.39, 0.29) is 17.7 Å². The minimum atomic E-state index is -0.276. The fourth-order valence-corrected chi connectivity index (χ4v) is 4.01. The Kier molecular flexibility index (Phi) is 7.39. The summed E-state index contributed by atoms with van der Waals surface area (Å²) in [6.07, 6.45) is 6.45. The highest BCUT2D eigenvalue weighted by molar-refractivity contribution is 5.83. The summed E-state index contributed by atoms with van der Waals surface area (Å²) in [5, 5.41) is 0. The van der Waals surface area contributed by atoms with E-state index >= 15 is 0 Å². The largest absolute Gasteiger partial charge is 0.340 e. The van der Waals surface area contributed by atoms with Crippen molar-refractivity contribution in [3.05, 3.63) is 67.0 Å². The molecule has 0 radical (unpaired) electrons. The van der Waals surface area contributed by atoms with Gasteiger partial charge in [0, 0.05) is 50.6 Å². The van der Waals surface area contributed by atoms with Crippen molar-refractivity contribution in [3.8, 4) is 11.1 Å². The first-order valence-electron chi connectivity index (χ1n) is 10.6. The van der Waals surface area contributed by atoms with Gasteiger partial charge >= 0.3 is 0 Å². The lowest BCUT2D eigenvalue weighted by molar-refractivity contribution is -0.134. The van der Waals surface area contributed by atoms with Crippen LogP contribution in [-0.2, 0) is 16.0 Å². The number of nitrogens with zero attached hydrogens (tertiary/aromatic N) is 3. The normalized spacial score (nSPS) is 17.2. The second-order valence-electron chi connectivity index (χ2n) is 8.31. The van der Waals surface area contributed by atoms with Gasteiger partial charge in [-0.3, -0.25) is 14.6 Å². The molecule has 2 aromatic rings.